The van der Waals surface area contributed by atoms with Gasteiger partial charge in [-0.15, -0.1) is 10.2 Å². The van der Waals surface area contributed by atoms with E-state index in [-0.39, 0.29) is 25.2 Å². The van der Waals surface area contributed by atoms with E-state index >= 15 is 4.39 Å². The van der Waals surface area contributed by atoms with Crippen molar-refractivity contribution in [3.63, 3.8) is 0 Å². The van der Waals surface area contributed by atoms with Gasteiger partial charge in [0.15, 0.2) is 11.5 Å². The van der Waals surface area contributed by atoms with Crippen LogP contribution in [0.2, 0.25) is 0 Å². The second kappa shape index (κ2) is 5.14. The molecule has 7 nitrogen and oxygen atoms in total. The molecule has 3 rings (SSSR count). The van der Waals surface area contributed by atoms with Gasteiger partial charge < -0.3 is 14.7 Å². The fourth-order valence-electron chi connectivity index (χ4n) is 3.78. The summed E-state index contributed by atoms with van der Waals surface area (Å²) in [4.78, 5) is 24.8. The Balaban J connectivity index is 1.93. The smallest absolute Gasteiger partial charge is 0.358 e. The Morgan fingerprint density at radius 2 is 2.09 bits per heavy atom. The predicted octanol–water partition coefficient (Wildman–Crippen LogP) is 1.35. The topological polar surface area (TPSA) is 92.6 Å². The predicted molar refractivity (Wildman–Crippen MR) is 78.1 cm³/mol. The maximum Gasteiger partial charge on any atom is 0.358 e. The highest BCUT2D eigenvalue weighted by atomic mass is 19.1. The minimum atomic E-state index is -1.76. The van der Waals surface area contributed by atoms with E-state index in [9.17, 15) is 14.7 Å². The van der Waals surface area contributed by atoms with Gasteiger partial charge in [-0.25, -0.2) is 9.18 Å². The van der Waals surface area contributed by atoms with E-state index in [1.54, 1.807) is 11.8 Å². The highest BCUT2D eigenvalue weighted by Crippen LogP contribution is 2.55. The quantitative estimate of drug-likeness (QED) is 0.839. The molecular formula is C15H18FN3O4. The number of halogens is 1. The van der Waals surface area contributed by atoms with E-state index < -0.39 is 23.0 Å². The van der Waals surface area contributed by atoms with Crippen LogP contribution < -0.4 is 4.90 Å². The average Bonchev–Trinajstić information content (AvgIpc) is 2.97. The highest BCUT2D eigenvalue weighted by molar-refractivity contribution is 5.87. The van der Waals surface area contributed by atoms with Crippen LogP contribution in [0, 0.1) is 12.3 Å². The number of anilines is 1. The third-order valence-electron chi connectivity index (χ3n) is 5.00. The summed E-state index contributed by atoms with van der Waals surface area (Å²) < 4.78 is 19.8. The van der Waals surface area contributed by atoms with Crippen LogP contribution in [0.1, 0.15) is 35.3 Å². The first-order valence-corrected chi connectivity index (χ1v) is 7.43. The molecule has 0 unspecified atom stereocenters. The Labute approximate surface area is 132 Å². The number of carboxylic acids is 1. The van der Waals surface area contributed by atoms with Gasteiger partial charge in [-0.05, 0) is 37.8 Å². The summed E-state index contributed by atoms with van der Waals surface area (Å²) in [7, 11) is 1.25. The van der Waals surface area contributed by atoms with Crippen LogP contribution in [0.5, 0.6) is 0 Å². The lowest BCUT2D eigenvalue weighted by Gasteiger charge is -2.27. The molecule has 0 radical (unpaired) electrons. The summed E-state index contributed by atoms with van der Waals surface area (Å²) in [6.45, 7) is 1.77. The van der Waals surface area contributed by atoms with E-state index in [0.29, 0.717) is 24.2 Å². The maximum atomic E-state index is 15.2. The summed E-state index contributed by atoms with van der Waals surface area (Å²) in [5.41, 5.74) is -2.45. The summed E-state index contributed by atoms with van der Waals surface area (Å²) in [5, 5.41) is 17.4. The van der Waals surface area contributed by atoms with E-state index in [0.717, 1.165) is 0 Å². The van der Waals surface area contributed by atoms with Gasteiger partial charge in [-0.2, -0.15) is 0 Å². The van der Waals surface area contributed by atoms with Crippen molar-refractivity contribution in [2.24, 2.45) is 5.41 Å². The SMILES string of the molecule is COC(=O)c1cc(C)c(N2C[C@@]3(F)CCC[C@@]3(C(=O)O)C2)nn1. The third kappa shape index (κ3) is 2.15. The summed E-state index contributed by atoms with van der Waals surface area (Å²) in [6, 6.07) is 1.51. The zero-order chi connectivity index (χ0) is 16.8. The van der Waals surface area contributed by atoms with Crippen molar-refractivity contribution in [2.75, 3.05) is 25.1 Å². The number of aromatic nitrogens is 2. The average molecular weight is 323 g/mol. The first kappa shape index (κ1) is 15.6. The van der Waals surface area contributed by atoms with Crippen molar-refractivity contribution in [3.05, 3.63) is 17.3 Å². The number of carbonyl (C=O) groups excluding carboxylic acids is 1. The molecule has 1 saturated heterocycles. The molecule has 1 aliphatic carbocycles. The van der Waals surface area contributed by atoms with Gasteiger partial charge >= 0.3 is 11.9 Å². The normalized spacial score (nSPS) is 29.4. The molecule has 1 N–H and O–H groups in total. The zero-order valence-corrected chi connectivity index (χ0v) is 13.0. The molecule has 0 bridgehead atoms. The van der Waals surface area contributed by atoms with Crippen molar-refractivity contribution < 1.29 is 23.8 Å². The number of carboxylic acid groups (broad SMARTS) is 1. The molecule has 2 heterocycles. The molecule has 0 spiro atoms. The van der Waals surface area contributed by atoms with Crippen LogP contribution in [0.4, 0.5) is 10.2 Å². The monoisotopic (exact) mass is 323 g/mol. The van der Waals surface area contributed by atoms with Crippen molar-refractivity contribution in [2.45, 2.75) is 31.9 Å². The number of ether oxygens (including phenoxy) is 1. The lowest BCUT2D eigenvalue weighted by atomic mass is 9.78. The van der Waals surface area contributed by atoms with Crippen molar-refractivity contribution in [3.8, 4) is 0 Å². The number of hydrogen-bond donors (Lipinski definition) is 1. The Hall–Kier alpha value is -2.25. The number of nitrogens with zero attached hydrogens (tertiary/aromatic N) is 3. The lowest BCUT2D eigenvalue weighted by Crippen LogP contribution is -2.45. The van der Waals surface area contributed by atoms with Gasteiger partial charge in [-0.1, -0.05) is 0 Å². The number of aliphatic carboxylic acids is 1. The number of hydrogen-bond acceptors (Lipinski definition) is 6. The van der Waals surface area contributed by atoms with Crippen LogP contribution in [0.15, 0.2) is 6.07 Å². The largest absolute Gasteiger partial charge is 0.481 e. The summed E-state index contributed by atoms with van der Waals surface area (Å²) >= 11 is 0. The van der Waals surface area contributed by atoms with Gasteiger partial charge in [0, 0.05) is 6.54 Å². The molecule has 1 aromatic heterocycles. The van der Waals surface area contributed by atoms with Crippen LogP contribution in [-0.4, -0.2) is 53.1 Å². The first-order valence-electron chi connectivity index (χ1n) is 7.43. The standard InChI is InChI=1S/C15H18FN3O4/c1-9-6-10(12(20)23-2)17-18-11(9)19-7-14(13(21)22)4-3-5-15(14,16)8-19/h6H,3-5,7-8H2,1-2H3,(H,21,22)/t14-,15-/m0/s1. The van der Waals surface area contributed by atoms with E-state index in [1.165, 1.54) is 13.2 Å². The molecule has 23 heavy (non-hydrogen) atoms. The van der Waals surface area contributed by atoms with Crippen LogP contribution in [0.25, 0.3) is 0 Å². The fourth-order valence-corrected chi connectivity index (χ4v) is 3.78. The van der Waals surface area contributed by atoms with Crippen LogP contribution in [0.3, 0.4) is 0 Å². The van der Waals surface area contributed by atoms with E-state index in [4.69, 9.17) is 0 Å². The molecule has 0 aromatic carbocycles. The molecule has 2 fully saturated rings. The number of alkyl halides is 1. The molecule has 1 aromatic rings. The van der Waals surface area contributed by atoms with Crippen LogP contribution >= 0.6 is 0 Å². The Morgan fingerprint density at radius 3 is 2.65 bits per heavy atom. The molecule has 1 aliphatic heterocycles. The van der Waals surface area contributed by atoms with Gasteiger partial charge in [0.1, 0.15) is 11.1 Å². The van der Waals surface area contributed by atoms with Crippen LogP contribution in [-0.2, 0) is 9.53 Å². The number of aryl methyl sites for hydroxylation is 1. The third-order valence-corrected chi connectivity index (χ3v) is 5.00. The number of methoxy groups -OCH3 is 1. The van der Waals surface area contributed by atoms with Gasteiger partial charge in [0.25, 0.3) is 0 Å². The van der Waals surface area contributed by atoms with Crippen molar-refractivity contribution in [1.82, 2.24) is 10.2 Å². The van der Waals surface area contributed by atoms with E-state index in [2.05, 4.69) is 14.9 Å². The molecule has 2 atom stereocenters. The number of fused-ring (bicyclic) bond motifs is 1. The number of carbonyl (C=O) groups is 2. The molecule has 1 saturated carbocycles. The zero-order valence-electron chi connectivity index (χ0n) is 13.0. The second-order valence-corrected chi connectivity index (χ2v) is 6.29. The summed E-state index contributed by atoms with van der Waals surface area (Å²) in [6.07, 6.45) is 1.13. The highest BCUT2D eigenvalue weighted by Gasteiger charge is 2.66. The maximum absolute atomic E-state index is 15.2. The van der Waals surface area contributed by atoms with Crippen molar-refractivity contribution >= 4 is 17.8 Å². The number of rotatable bonds is 3. The Morgan fingerprint density at radius 1 is 1.35 bits per heavy atom. The van der Waals surface area contributed by atoms with Gasteiger partial charge in [-0.3, -0.25) is 4.79 Å². The van der Waals surface area contributed by atoms with Crippen molar-refractivity contribution in [1.29, 1.82) is 0 Å². The first-order chi connectivity index (χ1) is 10.8. The van der Waals surface area contributed by atoms with Gasteiger partial charge in [0.05, 0.1) is 13.7 Å². The van der Waals surface area contributed by atoms with E-state index in [1.807, 2.05) is 0 Å². The Bertz CT molecular complexity index is 683. The Kier molecular flexibility index (Phi) is 3.50. The molecule has 124 valence electrons. The lowest BCUT2D eigenvalue weighted by molar-refractivity contribution is -0.153. The summed E-state index contributed by atoms with van der Waals surface area (Å²) in [5.74, 6) is -1.30. The molecule has 2 aliphatic rings. The fraction of sp³-hybridized carbons (Fsp3) is 0.600. The number of esters is 1. The minimum absolute atomic E-state index is 0.0214. The molecule has 8 heteroatoms. The molecular weight excluding hydrogens is 305 g/mol. The van der Waals surface area contributed by atoms with Gasteiger partial charge in [0.2, 0.25) is 0 Å². The molecule has 0 amide bonds. The minimum Gasteiger partial charge on any atom is -0.481 e. The second-order valence-electron chi connectivity index (χ2n) is 6.29.